The maximum atomic E-state index is 13.0. The number of ether oxygens (including phenoxy) is 1. The van der Waals surface area contributed by atoms with Crippen LogP contribution in [0.2, 0.25) is 0 Å². The highest BCUT2D eigenvalue weighted by Crippen LogP contribution is 2.31. The van der Waals surface area contributed by atoms with Crippen LogP contribution in [0.4, 0.5) is 0 Å². The van der Waals surface area contributed by atoms with Gasteiger partial charge in [-0.05, 0) is 39.5 Å². The topological polar surface area (TPSA) is 90.4 Å². The van der Waals surface area contributed by atoms with Gasteiger partial charge < -0.3 is 19.0 Å². The standard InChI is InChI=1S/C19H27N3O4/c1-10(2)17-21-19(26-22-17)16(14-6-8-24-9-7-14)20-18(23)15-11(3)12(4)25-13(15)5/h10,14,16H,6-9H2,1-5H3,(H,20,23). The van der Waals surface area contributed by atoms with E-state index in [4.69, 9.17) is 13.7 Å². The third-order valence-corrected chi connectivity index (χ3v) is 5.05. The fraction of sp³-hybridized carbons (Fsp3) is 0.632. The first kappa shape index (κ1) is 18.6. The molecule has 1 fully saturated rings. The fourth-order valence-electron chi connectivity index (χ4n) is 3.38. The summed E-state index contributed by atoms with van der Waals surface area (Å²) in [5.74, 6) is 2.69. The largest absolute Gasteiger partial charge is 0.466 e. The van der Waals surface area contributed by atoms with Crippen molar-refractivity contribution in [3.05, 3.63) is 34.4 Å². The Bertz CT molecular complexity index is 772. The fourth-order valence-corrected chi connectivity index (χ4v) is 3.38. The number of nitrogens with zero attached hydrogens (tertiary/aromatic N) is 2. The molecule has 142 valence electrons. The molecule has 1 saturated heterocycles. The lowest BCUT2D eigenvalue weighted by molar-refractivity contribution is 0.0467. The monoisotopic (exact) mass is 361 g/mol. The SMILES string of the molecule is Cc1oc(C)c(C(=O)NC(c2nc(C(C)C)no2)C2CCOCC2)c1C. The zero-order valence-electron chi connectivity index (χ0n) is 16.1. The summed E-state index contributed by atoms with van der Waals surface area (Å²) >= 11 is 0. The number of aromatic nitrogens is 2. The molecular formula is C19H27N3O4. The quantitative estimate of drug-likeness (QED) is 0.875. The number of amides is 1. The molecule has 1 aliphatic heterocycles. The summed E-state index contributed by atoms with van der Waals surface area (Å²) in [6.07, 6.45) is 1.68. The third kappa shape index (κ3) is 3.67. The van der Waals surface area contributed by atoms with Gasteiger partial charge in [0.25, 0.3) is 5.91 Å². The smallest absolute Gasteiger partial charge is 0.255 e. The molecule has 1 N–H and O–H groups in total. The lowest BCUT2D eigenvalue weighted by atomic mass is 9.91. The minimum Gasteiger partial charge on any atom is -0.466 e. The van der Waals surface area contributed by atoms with Crippen LogP contribution in [0.25, 0.3) is 0 Å². The molecule has 0 saturated carbocycles. The average molecular weight is 361 g/mol. The van der Waals surface area contributed by atoms with E-state index < -0.39 is 0 Å². The van der Waals surface area contributed by atoms with E-state index in [9.17, 15) is 4.79 Å². The van der Waals surface area contributed by atoms with E-state index in [-0.39, 0.29) is 23.8 Å². The highest BCUT2D eigenvalue weighted by Gasteiger charge is 2.33. The molecule has 0 aliphatic carbocycles. The summed E-state index contributed by atoms with van der Waals surface area (Å²) in [6, 6.07) is -0.333. The number of aryl methyl sites for hydroxylation is 2. The number of furan rings is 1. The number of rotatable bonds is 5. The Hall–Kier alpha value is -2.15. The van der Waals surface area contributed by atoms with Crippen molar-refractivity contribution in [3.63, 3.8) is 0 Å². The molecule has 1 atom stereocenters. The lowest BCUT2D eigenvalue weighted by Gasteiger charge is -2.28. The van der Waals surface area contributed by atoms with Crippen molar-refractivity contribution in [2.24, 2.45) is 5.92 Å². The van der Waals surface area contributed by atoms with Crippen molar-refractivity contribution in [3.8, 4) is 0 Å². The van der Waals surface area contributed by atoms with Gasteiger partial charge >= 0.3 is 0 Å². The van der Waals surface area contributed by atoms with Crippen molar-refractivity contribution < 1.29 is 18.5 Å². The number of carbonyl (C=O) groups is 1. The molecule has 3 rings (SSSR count). The van der Waals surface area contributed by atoms with Gasteiger partial charge in [-0.2, -0.15) is 4.98 Å². The van der Waals surface area contributed by atoms with Crippen LogP contribution in [0.15, 0.2) is 8.94 Å². The second kappa shape index (κ2) is 7.61. The Morgan fingerprint density at radius 3 is 2.38 bits per heavy atom. The molecule has 3 heterocycles. The van der Waals surface area contributed by atoms with E-state index in [1.165, 1.54) is 0 Å². The molecule has 0 radical (unpaired) electrons. The number of hydrogen-bond acceptors (Lipinski definition) is 6. The zero-order valence-corrected chi connectivity index (χ0v) is 16.1. The molecule has 0 bridgehead atoms. The van der Waals surface area contributed by atoms with Crippen LogP contribution in [0.5, 0.6) is 0 Å². The molecule has 1 aliphatic rings. The highest BCUT2D eigenvalue weighted by molar-refractivity contribution is 5.97. The lowest BCUT2D eigenvalue weighted by Crippen LogP contribution is -2.36. The van der Waals surface area contributed by atoms with Crippen molar-refractivity contribution in [1.29, 1.82) is 0 Å². The van der Waals surface area contributed by atoms with Crippen molar-refractivity contribution in [2.45, 2.75) is 59.4 Å². The highest BCUT2D eigenvalue weighted by atomic mass is 16.5. The van der Waals surface area contributed by atoms with Gasteiger partial charge in [0.15, 0.2) is 5.82 Å². The zero-order chi connectivity index (χ0) is 18.8. The third-order valence-electron chi connectivity index (χ3n) is 5.05. The Labute approximate surface area is 153 Å². The van der Waals surface area contributed by atoms with Gasteiger partial charge in [0.05, 0.1) is 5.56 Å². The van der Waals surface area contributed by atoms with E-state index in [0.717, 1.165) is 24.2 Å². The summed E-state index contributed by atoms with van der Waals surface area (Å²) in [4.78, 5) is 17.5. The van der Waals surface area contributed by atoms with Gasteiger partial charge in [-0.15, -0.1) is 0 Å². The second-order valence-corrected chi connectivity index (χ2v) is 7.26. The molecule has 1 amide bonds. The normalized spacial score (nSPS) is 16.8. The van der Waals surface area contributed by atoms with E-state index >= 15 is 0 Å². The molecule has 7 heteroatoms. The van der Waals surface area contributed by atoms with Crippen LogP contribution in [-0.4, -0.2) is 29.3 Å². The molecule has 1 unspecified atom stereocenters. The van der Waals surface area contributed by atoms with E-state index in [1.807, 2.05) is 34.6 Å². The first-order valence-electron chi connectivity index (χ1n) is 9.17. The Morgan fingerprint density at radius 1 is 1.15 bits per heavy atom. The minimum atomic E-state index is -0.333. The first-order valence-corrected chi connectivity index (χ1v) is 9.17. The Kier molecular flexibility index (Phi) is 5.46. The maximum absolute atomic E-state index is 13.0. The summed E-state index contributed by atoms with van der Waals surface area (Å²) < 4.78 is 16.6. The van der Waals surface area contributed by atoms with Gasteiger partial charge in [0, 0.05) is 24.7 Å². The summed E-state index contributed by atoms with van der Waals surface area (Å²) in [5, 5.41) is 7.18. The molecule has 26 heavy (non-hydrogen) atoms. The predicted octanol–water partition coefficient (Wildman–Crippen LogP) is 3.61. The molecule has 7 nitrogen and oxygen atoms in total. The van der Waals surface area contributed by atoms with Gasteiger partial charge in [-0.1, -0.05) is 19.0 Å². The summed E-state index contributed by atoms with van der Waals surface area (Å²) in [7, 11) is 0. The minimum absolute atomic E-state index is 0.166. The maximum Gasteiger partial charge on any atom is 0.255 e. The van der Waals surface area contributed by atoms with E-state index in [2.05, 4.69) is 15.5 Å². The molecular weight excluding hydrogens is 334 g/mol. The van der Waals surface area contributed by atoms with Gasteiger partial charge in [-0.3, -0.25) is 4.79 Å². The Balaban J connectivity index is 1.88. The van der Waals surface area contributed by atoms with E-state index in [1.54, 1.807) is 0 Å². The molecule has 0 spiro atoms. The van der Waals surface area contributed by atoms with Crippen molar-refractivity contribution >= 4 is 5.91 Å². The second-order valence-electron chi connectivity index (χ2n) is 7.26. The molecule has 2 aromatic heterocycles. The van der Waals surface area contributed by atoms with Crippen LogP contribution in [-0.2, 0) is 4.74 Å². The van der Waals surface area contributed by atoms with Crippen molar-refractivity contribution in [1.82, 2.24) is 15.5 Å². The average Bonchev–Trinajstić information content (AvgIpc) is 3.19. The summed E-state index contributed by atoms with van der Waals surface area (Å²) in [6.45, 7) is 10.9. The number of hydrogen-bond donors (Lipinski definition) is 1. The van der Waals surface area contributed by atoms with Crippen LogP contribution >= 0.6 is 0 Å². The van der Waals surface area contributed by atoms with Gasteiger partial charge in [0.1, 0.15) is 17.6 Å². The molecule has 2 aromatic rings. The number of carbonyl (C=O) groups excluding carboxylic acids is 1. The summed E-state index contributed by atoms with van der Waals surface area (Å²) in [5.41, 5.74) is 1.45. The van der Waals surface area contributed by atoms with Crippen LogP contribution < -0.4 is 5.32 Å². The van der Waals surface area contributed by atoms with Crippen LogP contribution in [0.1, 0.15) is 77.8 Å². The van der Waals surface area contributed by atoms with Gasteiger partial charge in [-0.25, -0.2) is 0 Å². The van der Waals surface area contributed by atoms with E-state index in [0.29, 0.717) is 36.3 Å². The Morgan fingerprint density at radius 2 is 1.85 bits per heavy atom. The first-order chi connectivity index (χ1) is 12.4. The number of nitrogens with one attached hydrogen (secondary N) is 1. The van der Waals surface area contributed by atoms with Crippen LogP contribution in [0.3, 0.4) is 0 Å². The van der Waals surface area contributed by atoms with Gasteiger partial charge in [0.2, 0.25) is 5.89 Å². The van der Waals surface area contributed by atoms with Crippen molar-refractivity contribution in [2.75, 3.05) is 13.2 Å². The molecule has 0 aromatic carbocycles. The van der Waals surface area contributed by atoms with Crippen LogP contribution in [0, 0.1) is 26.7 Å². The predicted molar refractivity (Wildman–Crippen MR) is 95.1 cm³/mol.